The molecule has 0 aromatic heterocycles. The third-order valence-corrected chi connectivity index (χ3v) is 4.32. The number of aryl methyl sites for hydroxylation is 1. The first-order valence-electron chi connectivity index (χ1n) is 7.28. The Bertz CT molecular complexity index is 478. The largest absolute Gasteiger partial charge is 0.388 e. The highest BCUT2D eigenvalue weighted by atomic mass is 16.1. The van der Waals surface area contributed by atoms with E-state index in [-0.39, 0.29) is 5.91 Å². The number of benzene rings is 1. The SMILES string of the molecule is CNc1ccc(C(=O)NC(C2CC2)C2CC2)cc1C. The smallest absolute Gasteiger partial charge is 0.251 e. The van der Waals surface area contributed by atoms with Crippen molar-refractivity contribution in [2.45, 2.75) is 38.6 Å². The van der Waals surface area contributed by atoms with Gasteiger partial charge >= 0.3 is 0 Å². The summed E-state index contributed by atoms with van der Waals surface area (Å²) < 4.78 is 0. The predicted molar refractivity (Wildman–Crippen MR) is 77.4 cm³/mol. The molecule has 0 radical (unpaired) electrons. The van der Waals surface area contributed by atoms with E-state index in [1.54, 1.807) is 0 Å². The van der Waals surface area contributed by atoms with Gasteiger partial charge in [0.05, 0.1) is 0 Å². The maximum atomic E-state index is 12.3. The Morgan fingerprint density at radius 1 is 1.21 bits per heavy atom. The molecule has 3 nitrogen and oxygen atoms in total. The number of rotatable bonds is 5. The van der Waals surface area contributed by atoms with E-state index in [0.717, 1.165) is 28.7 Å². The monoisotopic (exact) mass is 258 g/mol. The Hall–Kier alpha value is -1.51. The van der Waals surface area contributed by atoms with Crippen molar-refractivity contribution in [2.75, 3.05) is 12.4 Å². The maximum absolute atomic E-state index is 12.3. The summed E-state index contributed by atoms with van der Waals surface area (Å²) in [7, 11) is 1.90. The van der Waals surface area contributed by atoms with Crippen LogP contribution in [-0.4, -0.2) is 19.0 Å². The zero-order valence-corrected chi connectivity index (χ0v) is 11.7. The van der Waals surface area contributed by atoms with Gasteiger partial charge in [-0.15, -0.1) is 0 Å². The van der Waals surface area contributed by atoms with Crippen molar-refractivity contribution in [3.63, 3.8) is 0 Å². The number of nitrogens with one attached hydrogen (secondary N) is 2. The molecule has 0 spiro atoms. The summed E-state index contributed by atoms with van der Waals surface area (Å²) in [5.41, 5.74) is 2.98. The molecule has 1 aromatic carbocycles. The highest BCUT2D eigenvalue weighted by Crippen LogP contribution is 2.44. The minimum absolute atomic E-state index is 0.0922. The third-order valence-electron chi connectivity index (χ3n) is 4.32. The predicted octanol–water partition coefficient (Wildman–Crippen LogP) is 2.96. The van der Waals surface area contributed by atoms with Gasteiger partial charge in [-0.25, -0.2) is 0 Å². The molecule has 2 fully saturated rings. The minimum Gasteiger partial charge on any atom is -0.388 e. The first kappa shape index (κ1) is 12.5. The highest BCUT2D eigenvalue weighted by molar-refractivity contribution is 5.95. The second kappa shape index (κ2) is 4.87. The zero-order valence-electron chi connectivity index (χ0n) is 11.7. The van der Waals surface area contributed by atoms with Gasteiger partial charge in [0.2, 0.25) is 0 Å². The molecule has 2 N–H and O–H groups in total. The second-order valence-electron chi connectivity index (χ2n) is 5.95. The van der Waals surface area contributed by atoms with Crippen molar-refractivity contribution in [1.29, 1.82) is 0 Å². The van der Waals surface area contributed by atoms with E-state index >= 15 is 0 Å². The van der Waals surface area contributed by atoms with Crippen LogP contribution in [0, 0.1) is 18.8 Å². The van der Waals surface area contributed by atoms with Crippen molar-refractivity contribution >= 4 is 11.6 Å². The average molecular weight is 258 g/mol. The standard InChI is InChI=1S/C16H22N2O/c1-10-9-13(7-8-14(10)17-2)16(19)18-15(11-3-4-11)12-5-6-12/h7-9,11-12,15,17H,3-6H2,1-2H3,(H,18,19). The lowest BCUT2D eigenvalue weighted by atomic mass is 10.1. The average Bonchev–Trinajstić information content (AvgIpc) is 3.29. The Labute approximate surface area is 114 Å². The summed E-state index contributed by atoms with van der Waals surface area (Å²) in [4.78, 5) is 12.3. The minimum atomic E-state index is 0.0922. The molecule has 1 amide bonds. The van der Waals surface area contributed by atoms with Crippen molar-refractivity contribution in [1.82, 2.24) is 5.32 Å². The van der Waals surface area contributed by atoms with Gasteiger partial charge in [-0.2, -0.15) is 0 Å². The fourth-order valence-corrected chi connectivity index (χ4v) is 2.85. The maximum Gasteiger partial charge on any atom is 0.251 e. The quantitative estimate of drug-likeness (QED) is 0.852. The lowest BCUT2D eigenvalue weighted by molar-refractivity contribution is 0.0926. The van der Waals surface area contributed by atoms with Crippen LogP contribution in [0.2, 0.25) is 0 Å². The normalized spacial score (nSPS) is 18.5. The Balaban J connectivity index is 1.70. The van der Waals surface area contributed by atoms with Gasteiger partial charge in [-0.3, -0.25) is 4.79 Å². The van der Waals surface area contributed by atoms with Crippen molar-refractivity contribution in [3.8, 4) is 0 Å². The molecule has 0 unspecified atom stereocenters. The first-order valence-corrected chi connectivity index (χ1v) is 7.28. The number of anilines is 1. The molecule has 1 aromatic rings. The van der Waals surface area contributed by atoms with Gasteiger partial charge in [0.25, 0.3) is 5.91 Å². The van der Waals surface area contributed by atoms with Crippen molar-refractivity contribution in [2.24, 2.45) is 11.8 Å². The number of hydrogen-bond donors (Lipinski definition) is 2. The van der Waals surface area contributed by atoms with E-state index in [9.17, 15) is 4.79 Å². The van der Waals surface area contributed by atoms with Crippen LogP contribution in [0.5, 0.6) is 0 Å². The summed E-state index contributed by atoms with van der Waals surface area (Å²) in [6, 6.07) is 6.29. The summed E-state index contributed by atoms with van der Waals surface area (Å²) in [5.74, 6) is 1.58. The lowest BCUT2D eigenvalue weighted by Gasteiger charge is -2.18. The summed E-state index contributed by atoms with van der Waals surface area (Å²) >= 11 is 0. The molecule has 0 saturated heterocycles. The fraction of sp³-hybridized carbons (Fsp3) is 0.562. The molecule has 102 valence electrons. The van der Waals surface area contributed by atoms with Gasteiger partial charge in [0.1, 0.15) is 0 Å². The molecule has 2 aliphatic carbocycles. The van der Waals surface area contributed by atoms with E-state index in [1.165, 1.54) is 25.7 Å². The molecule has 0 atom stereocenters. The second-order valence-corrected chi connectivity index (χ2v) is 5.95. The topological polar surface area (TPSA) is 41.1 Å². The molecule has 0 bridgehead atoms. The van der Waals surface area contributed by atoms with Gasteiger partial charge in [-0.1, -0.05) is 0 Å². The van der Waals surface area contributed by atoms with Crippen molar-refractivity contribution in [3.05, 3.63) is 29.3 Å². The van der Waals surface area contributed by atoms with Gasteiger partial charge in [0.15, 0.2) is 0 Å². The van der Waals surface area contributed by atoms with Gasteiger partial charge in [-0.05, 0) is 68.2 Å². The van der Waals surface area contributed by atoms with E-state index in [0.29, 0.717) is 6.04 Å². The Kier molecular flexibility index (Phi) is 3.21. The van der Waals surface area contributed by atoms with Crippen LogP contribution in [0.3, 0.4) is 0 Å². The van der Waals surface area contributed by atoms with Crippen LogP contribution in [0.4, 0.5) is 5.69 Å². The first-order chi connectivity index (χ1) is 9.19. The lowest BCUT2D eigenvalue weighted by Crippen LogP contribution is -2.38. The van der Waals surface area contributed by atoms with E-state index < -0.39 is 0 Å². The van der Waals surface area contributed by atoms with Crippen molar-refractivity contribution < 1.29 is 4.79 Å². The highest BCUT2D eigenvalue weighted by Gasteiger charge is 2.42. The summed E-state index contributed by atoms with van der Waals surface area (Å²) in [5, 5.41) is 6.39. The van der Waals surface area contributed by atoms with E-state index in [1.807, 2.05) is 32.2 Å². The van der Waals surface area contributed by atoms with Gasteiger partial charge < -0.3 is 10.6 Å². The van der Waals surface area contributed by atoms with E-state index in [2.05, 4.69) is 10.6 Å². The zero-order chi connectivity index (χ0) is 13.4. The molecular weight excluding hydrogens is 236 g/mol. The van der Waals surface area contributed by atoms with Gasteiger partial charge in [0, 0.05) is 24.3 Å². The van der Waals surface area contributed by atoms with E-state index in [4.69, 9.17) is 0 Å². The van der Waals surface area contributed by atoms with Crippen LogP contribution in [0.1, 0.15) is 41.6 Å². The van der Waals surface area contributed by atoms with Crippen LogP contribution in [-0.2, 0) is 0 Å². The Morgan fingerprint density at radius 3 is 2.32 bits per heavy atom. The molecular formula is C16H22N2O. The number of carbonyl (C=O) groups excluding carboxylic acids is 1. The molecule has 2 saturated carbocycles. The molecule has 2 aliphatic rings. The number of amides is 1. The number of hydrogen-bond acceptors (Lipinski definition) is 2. The molecule has 3 heteroatoms. The van der Waals surface area contributed by atoms with Crippen LogP contribution >= 0.6 is 0 Å². The van der Waals surface area contributed by atoms with Crippen LogP contribution < -0.4 is 10.6 Å². The summed E-state index contributed by atoms with van der Waals surface area (Å²) in [6.45, 7) is 2.03. The molecule has 3 rings (SSSR count). The summed E-state index contributed by atoms with van der Waals surface area (Å²) in [6.07, 6.45) is 5.16. The number of carbonyl (C=O) groups is 1. The Morgan fingerprint density at radius 2 is 1.84 bits per heavy atom. The fourth-order valence-electron chi connectivity index (χ4n) is 2.85. The molecule has 0 heterocycles. The molecule has 0 aliphatic heterocycles. The van der Waals surface area contributed by atoms with Crippen LogP contribution in [0.25, 0.3) is 0 Å². The molecule has 19 heavy (non-hydrogen) atoms. The third kappa shape index (κ3) is 2.75. The van der Waals surface area contributed by atoms with Crippen LogP contribution in [0.15, 0.2) is 18.2 Å².